The van der Waals surface area contributed by atoms with Gasteiger partial charge in [-0.25, -0.2) is 0 Å². The normalized spacial score (nSPS) is 33.3. The van der Waals surface area contributed by atoms with Crippen LogP contribution in [0.3, 0.4) is 0 Å². The van der Waals surface area contributed by atoms with Crippen LogP contribution in [0.4, 0.5) is 0 Å². The lowest BCUT2D eigenvalue weighted by atomic mass is 9.51. The topological polar surface area (TPSA) is 52.6 Å². The van der Waals surface area contributed by atoms with Crippen LogP contribution in [-0.2, 0) is 4.79 Å². The number of carbonyl (C=O) groups excluding carboxylic acids is 2. The van der Waals surface area contributed by atoms with Crippen molar-refractivity contribution in [3.8, 4) is 11.5 Å². The van der Waals surface area contributed by atoms with E-state index in [2.05, 4.69) is 0 Å². The summed E-state index contributed by atoms with van der Waals surface area (Å²) in [5, 5.41) is 0. The first kappa shape index (κ1) is 15.7. The van der Waals surface area contributed by atoms with Crippen molar-refractivity contribution in [1.29, 1.82) is 0 Å². The molecule has 5 rings (SSSR count). The van der Waals surface area contributed by atoms with Gasteiger partial charge in [0, 0.05) is 11.5 Å². The molecule has 24 heavy (non-hydrogen) atoms. The molecule has 4 saturated carbocycles. The average Bonchev–Trinajstić information content (AvgIpc) is 2.58. The maximum absolute atomic E-state index is 12.8. The summed E-state index contributed by atoms with van der Waals surface area (Å²) in [4.78, 5) is 23.7. The third-order valence-corrected chi connectivity index (χ3v) is 6.29. The van der Waals surface area contributed by atoms with Gasteiger partial charge >= 0.3 is 0 Å². The summed E-state index contributed by atoms with van der Waals surface area (Å²) in [5.41, 5.74) is 0.534. The molecule has 4 aliphatic carbocycles. The monoisotopic (exact) mass is 328 g/mol. The molecule has 0 atom stereocenters. The molecule has 0 radical (unpaired) electrons. The highest BCUT2D eigenvalue weighted by Gasteiger charge is 2.50. The predicted molar refractivity (Wildman–Crippen MR) is 89.4 cm³/mol. The highest BCUT2D eigenvalue weighted by Crippen LogP contribution is 2.56. The zero-order valence-corrected chi connectivity index (χ0v) is 14.1. The maximum Gasteiger partial charge on any atom is 0.173 e. The van der Waals surface area contributed by atoms with E-state index in [0.29, 0.717) is 28.9 Å². The second-order valence-electron chi connectivity index (χ2n) is 7.74. The van der Waals surface area contributed by atoms with Crippen molar-refractivity contribution in [2.45, 2.75) is 32.1 Å². The van der Waals surface area contributed by atoms with Gasteiger partial charge in [-0.15, -0.1) is 0 Å². The van der Waals surface area contributed by atoms with Crippen molar-refractivity contribution in [3.05, 3.63) is 23.8 Å². The lowest BCUT2D eigenvalue weighted by Gasteiger charge is -2.53. The van der Waals surface area contributed by atoms with E-state index >= 15 is 0 Å². The number of ether oxygens (including phenoxy) is 2. The van der Waals surface area contributed by atoms with Gasteiger partial charge in [0.2, 0.25) is 0 Å². The van der Waals surface area contributed by atoms with Gasteiger partial charge in [0.25, 0.3) is 0 Å². The molecule has 4 nitrogen and oxygen atoms in total. The molecule has 4 heteroatoms. The Morgan fingerprint density at radius 1 is 1.08 bits per heavy atom. The zero-order valence-electron chi connectivity index (χ0n) is 14.1. The third kappa shape index (κ3) is 2.72. The van der Waals surface area contributed by atoms with Gasteiger partial charge in [-0.1, -0.05) is 0 Å². The van der Waals surface area contributed by atoms with E-state index in [4.69, 9.17) is 9.47 Å². The van der Waals surface area contributed by atoms with Crippen LogP contribution >= 0.6 is 0 Å². The van der Waals surface area contributed by atoms with Crippen molar-refractivity contribution in [1.82, 2.24) is 0 Å². The third-order valence-electron chi connectivity index (χ3n) is 6.29. The predicted octanol–water partition coefficient (Wildman–Crippen LogP) is 3.53. The molecule has 128 valence electrons. The molecular formula is C20H24O4. The van der Waals surface area contributed by atoms with Crippen molar-refractivity contribution in [2.24, 2.45) is 29.6 Å². The summed E-state index contributed by atoms with van der Waals surface area (Å²) in [7, 11) is 1.54. The SMILES string of the molecule is COc1cc(C=O)ccc1OCC(=O)C1C2CC3CC(C2)CC1C3. The second-order valence-corrected chi connectivity index (χ2v) is 7.74. The van der Waals surface area contributed by atoms with Crippen LogP contribution in [-0.4, -0.2) is 25.8 Å². The van der Waals surface area contributed by atoms with E-state index in [1.54, 1.807) is 18.2 Å². The number of methoxy groups -OCH3 is 1. The van der Waals surface area contributed by atoms with Crippen LogP contribution in [0.1, 0.15) is 42.5 Å². The van der Waals surface area contributed by atoms with Crippen molar-refractivity contribution >= 4 is 12.1 Å². The number of Topliss-reactive ketones (excluding diaryl/α,β-unsaturated/α-hetero) is 1. The van der Waals surface area contributed by atoms with Gasteiger partial charge in [-0.2, -0.15) is 0 Å². The number of hydrogen-bond acceptors (Lipinski definition) is 4. The Kier molecular flexibility index (Phi) is 4.07. The first-order valence-electron chi connectivity index (χ1n) is 8.96. The summed E-state index contributed by atoms with van der Waals surface area (Å²) in [5.74, 6) is 4.36. The number of aldehydes is 1. The Balaban J connectivity index is 1.43. The van der Waals surface area contributed by atoms with E-state index in [1.807, 2.05) is 0 Å². The van der Waals surface area contributed by atoms with Crippen molar-refractivity contribution in [3.63, 3.8) is 0 Å². The first-order chi connectivity index (χ1) is 11.7. The standard InChI is InChI=1S/C20H24O4/c1-23-19-9-12(10-21)2-3-18(19)24-11-17(22)20-15-5-13-4-14(7-15)8-16(20)6-13/h2-3,9-10,13-16,20H,4-8,11H2,1H3. The van der Waals surface area contributed by atoms with Crippen LogP contribution in [0.15, 0.2) is 18.2 Å². The molecule has 0 N–H and O–H groups in total. The molecule has 4 fully saturated rings. The average molecular weight is 328 g/mol. The molecular weight excluding hydrogens is 304 g/mol. The summed E-state index contributed by atoms with van der Waals surface area (Å²) in [6.45, 7) is 0.101. The lowest BCUT2D eigenvalue weighted by Crippen LogP contribution is -2.49. The summed E-state index contributed by atoms with van der Waals surface area (Å²) in [6, 6.07) is 5.01. The Morgan fingerprint density at radius 3 is 2.33 bits per heavy atom. The van der Waals surface area contributed by atoms with Gasteiger partial charge < -0.3 is 9.47 Å². The summed E-state index contributed by atoms with van der Waals surface area (Å²) < 4.78 is 11.0. The Hall–Kier alpha value is -1.84. The van der Waals surface area contributed by atoms with E-state index in [-0.39, 0.29) is 18.3 Å². The minimum absolute atomic E-state index is 0.101. The van der Waals surface area contributed by atoms with E-state index < -0.39 is 0 Å². The fraction of sp³-hybridized carbons (Fsp3) is 0.600. The van der Waals surface area contributed by atoms with E-state index in [0.717, 1.165) is 18.1 Å². The van der Waals surface area contributed by atoms with Crippen LogP contribution in [0, 0.1) is 29.6 Å². The largest absolute Gasteiger partial charge is 0.493 e. The fourth-order valence-corrected chi connectivity index (χ4v) is 5.57. The van der Waals surface area contributed by atoms with Gasteiger partial charge in [0.05, 0.1) is 7.11 Å². The molecule has 0 spiro atoms. The lowest BCUT2D eigenvalue weighted by molar-refractivity contribution is -0.137. The summed E-state index contributed by atoms with van der Waals surface area (Å²) in [6.07, 6.45) is 7.11. The molecule has 4 bridgehead atoms. The minimum atomic E-state index is 0.101. The smallest absolute Gasteiger partial charge is 0.173 e. The number of benzene rings is 1. The van der Waals surface area contributed by atoms with Gasteiger partial charge in [0.15, 0.2) is 17.3 Å². The Morgan fingerprint density at radius 2 is 1.75 bits per heavy atom. The maximum atomic E-state index is 12.8. The van der Waals surface area contributed by atoms with Crippen LogP contribution in [0.5, 0.6) is 11.5 Å². The zero-order chi connectivity index (χ0) is 16.7. The number of ketones is 1. The number of hydrogen-bond donors (Lipinski definition) is 0. The molecule has 0 heterocycles. The molecule has 0 aromatic heterocycles. The Labute approximate surface area is 142 Å². The quantitative estimate of drug-likeness (QED) is 0.750. The first-order valence-corrected chi connectivity index (χ1v) is 8.96. The minimum Gasteiger partial charge on any atom is -0.493 e. The second kappa shape index (κ2) is 6.23. The number of rotatable bonds is 6. The highest BCUT2D eigenvalue weighted by molar-refractivity contribution is 5.83. The summed E-state index contributed by atoms with van der Waals surface area (Å²) >= 11 is 0. The van der Waals surface area contributed by atoms with Crippen LogP contribution in [0.25, 0.3) is 0 Å². The van der Waals surface area contributed by atoms with Gasteiger partial charge in [-0.3, -0.25) is 9.59 Å². The molecule has 0 aliphatic heterocycles. The molecule has 0 unspecified atom stereocenters. The van der Waals surface area contributed by atoms with Crippen molar-refractivity contribution in [2.75, 3.05) is 13.7 Å². The van der Waals surface area contributed by atoms with Gasteiger partial charge in [-0.05, 0) is 74.0 Å². The van der Waals surface area contributed by atoms with E-state index in [1.165, 1.54) is 39.2 Å². The number of carbonyl (C=O) groups is 2. The molecule has 0 saturated heterocycles. The van der Waals surface area contributed by atoms with Crippen LogP contribution in [0.2, 0.25) is 0 Å². The Bertz CT molecular complexity index is 623. The highest BCUT2D eigenvalue weighted by atomic mass is 16.5. The fourth-order valence-electron chi connectivity index (χ4n) is 5.57. The molecule has 4 aliphatic rings. The molecule has 0 amide bonds. The van der Waals surface area contributed by atoms with Crippen LogP contribution < -0.4 is 9.47 Å². The molecule has 1 aromatic rings. The van der Waals surface area contributed by atoms with Crippen molar-refractivity contribution < 1.29 is 19.1 Å². The van der Waals surface area contributed by atoms with E-state index in [9.17, 15) is 9.59 Å². The molecule has 1 aromatic carbocycles. The van der Waals surface area contributed by atoms with Gasteiger partial charge in [0.1, 0.15) is 12.9 Å².